The molecular formula is C13H10ClN3O6. The van der Waals surface area contributed by atoms with Gasteiger partial charge in [-0.15, -0.1) is 11.6 Å². The number of hydrogen-bond acceptors (Lipinski definition) is 7. The Kier molecular flexibility index (Phi) is 4.02. The second-order valence-corrected chi connectivity index (χ2v) is 4.77. The third-order valence-electron chi connectivity index (χ3n) is 3.04. The molecule has 1 atom stereocenters. The lowest BCUT2D eigenvalue weighted by atomic mass is 10.2. The standard InChI is InChI=1S/C13H10ClN3O6/c14-5-9-15-11(16-23-9)7-1-3-8(4-2-7)17-6-10(21-12(17)18)22-13(19)20/h1-4,10H,5-6H2,(H,19,20). The van der Waals surface area contributed by atoms with E-state index in [1.165, 1.54) is 4.90 Å². The van der Waals surface area contributed by atoms with Crippen LogP contribution in [0.4, 0.5) is 15.3 Å². The van der Waals surface area contributed by atoms with Crippen molar-refractivity contribution in [2.24, 2.45) is 0 Å². The first kappa shape index (κ1) is 15.1. The number of alkyl halides is 1. The van der Waals surface area contributed by atoms with Gasteiger partial charge in [0, 0.05) is 11.3 Å². The number of ether oxygens (including phenoxy) is 2. The summed E-state index contributed by atoms with van der Waals surface area (Å²) in [5.74, 6) is 0.807. The molecule has 0 spiro atoms. The predicted octanol–water partition coefficient (Wildman–Crippen LogP) is 2.45. The lowest BCUT2D eigenvalue weighted by molar-refractivity contribution is -0.0491. The summed E-state index contributed by atoms with van der Waals surface area (Å²) >= 11 is 5.60. The number of amides is 1. The van der Waals surface area contributed by atoms with Crippen molar-refractivity contribution in [3.8, 4) is 11.4 Å². The number of carboxylic acid groups (broad SMARTS) is 1. The zero-order valence-electron chi connectivity index (χ0n) is 11.5. The summed E-state index contributed by atoms with van der Waals surface area (Å²) in [4.78, 5) is 27.6. The van der Waals surface area contributed by atoms with Crippen molar-refractivity contribution in [3.05, 3.63) is 30.2 Å². The van der Waals surface area contributed by atoms with Crippen LogP contribution < -0.4 is 4.90 Å². The number of benzene rings is 1. The van der Waals surface area contributed by atoms with Crippen molar-refractivity contribution in [2.75, 3.05) is 11.4 Å². The minimum atomic E-state index is -1.51. The highest BCUT2D eigenvalue weighted by molar-refractivity contribution is 6.16. The highest BCUT2D eigenvalue weighted by Gasteiger charge is 2.34. The van der Waals surface area contributed by atoms with Gasteiger partial charge in [-0.2, -0.15) is 4.98 Å². The highest BCUT2D eigenvalue weighted by atomic mass is 35.5. The van der Waals surface area contributed by atoms with E-state index in [2.05, 4.69) is 14.9 Å². The van der Waals surface area contributed by atoms with Gasteiger partial charge in [0.05, 0.1) is 0 Å². The fourth-order valence-corrected chi connectivity index (χ4v) is 2.15. The molecule has 1 N–H and O–H groups in total. The van der Waals surface area contributed by atoms with Crippen molar-refractivity contribution in [3.63, 3.8) is 0 Å². The molecule has 0 aliphatic carbocycles. The molecule has 9 nitrogen and oxygen atoms in total. The zero-order chi connectivity index (χ0) is 16.4. The normalized spacial score (nSPS) is 17.2. The molecule has 1 unspecified atom stereocenters. The monoisotopic (exact) mass is 339 g/mol. The quantitative estimate of drug-likeness (QED) is 0.667. The molecular weight excluding hydrogens is 330 g/mol. The fraction of sp³-hybridized carbons (Fsp3) is 0.231. The number of carbonyl (C=O) groups is 2. The number of hydrogen-bond donors (Lipinski definition) is 1. The topological polar surface area (TPSA) is 115 Å². The molecule has 1 fully saturated rings. The summed E-state index contributed by atoms with van der Waals surface area (Å²) in [6.45, 7) is -0.0247. The average molecular weight is 340 g/mol. The van der Waals surface area contributed by atoms with Crippen molar-refractivity contribution < 1.29 is 28.7 Å². The Bertz CT molecular complexity index is 732. The van der Waals surface area contributed by atoms with E-state index in [9.17, 15) is 9.59 Å². The molecule has 0 bridgehead atoms. The maximum Gasteiger partial charge on any atom is 0.508 e. The minimum Gasteiger partial charge on any atom is -0.450 e. The number of cyclic esters (lactones) is 1. The molecule has 1 amide bonds. The van der Waals surface area contributed by atoms with Gasteiger partial charge in [-0.3, -0.25) is 4.90 Å². The van der Waals surface area contributed by atoms with Gasteiger partial charge in [-0.25, -0.2) is 9.59 Å². The summed E-state index contributed by atoms with van der Waals surface area (Å²) in [5.41, 5.74) is 1.20. The molecule has 3 rings (SSSR count). The van der Waals surface area contributed by atoms with Crippen LogP contribution in [0.3, 0.4) is 0 Å². The second kappa shape index (κ2) is 6.13. The molecule has 1 aromatic heterocycles. The number of aromatic nitrogens is 2. The van der Waals surface area contributed by atoms with Crippen molar-refractivity contribution in [1.82, 2.24) is 10.1 Å². The number of nitrogens with zero attached hydrogens (tertiary/aromatic N) is 3. The largest absolute Gasteiger partial charge is 0.508 e. The summed E-state index contributed by atoms with van der Waals surface area (Å²) in [5, 5.41) is 12.3. The lowest BCUT2D eigenvalue weighted by Crippen LogP contribution is -2.25. The van der Waals surface area contributed by atoms with Crippen LogP contribution in [0.15, 0.2) is 28.8 Å². The van der Waals surface area contributed by atoms with E-state index in [4.69, 9.17) is 26.0 Å². The van der Waals surface area contributed by atoms with Crippen LogP contribution in [0.1, 0.15) is 5.89 Å². The lowest BCUT2D eigenvalue weighted by Gasteiger charge is -2.12. The van der Waals surface area contributed by atoms with Gasteiger partial charge in [-0.05, 0) is 24.3 Å². The SMILES string of the molecule is O=C(O)OC1CN(c2ccc(-c3noc(CCl)n3)cc2)C(=O)O1. The van der Waals surface area contributed by atoms with Crippen LogP contribution in [0, 0.1) is 0 Å². The first-order chi connectivity index (χ1) is 11.1. The van der Waals surface area contributed by atoms with Crippen molar-refractivity contribution in [1.29, 1.82) is 0 Å². The van der Waals surface area contributed by atoms with Gasteiger partial charge in [0.15, 0.2) is 0 Å². The molecule has 0 radical (unpaired) electrons. The molecule has 2 aromatic rings. The van der Waals surface area contributed by atoms with Crippen molar-refractivity contribution >= 4 is 29.5 Å². The maximum atomic E-state index is 11.7. The average Bonchev–Trinajstić information content (AvgIpc) is 3.13. The van der Waals surface area contributed by atoms with E-state index in [-0.39, 0.29) is 12.4 Å². The highest BCUT2D eigenvalue weighted by Crippen LogP contribution is 2.25. The molecule has 120 valence electrons. The van der Waals surface area contributed by atoms with E-state index in [1.807, 2.05) is 0 Å². The molecule has 23 heavy (non-hydrogen) atoms. The molecule has 1 aliphatic rings. The first-order valence-corrected chi connectivity index (χ1v) is 6.97. The van der Waals surface area contributed by atoms with Gasteiger partial charge in [0.25, 0.3) is 6.29 Å². The number of rotatable bonds is 4. The number of carbonyl (C=O) groups excluding carboxylic acids is 1. The summed E-state index contributed by atoms with van der Waals surface area (Å²) < 4.78 is 14.1. The zero-order valence-corrected chi connectivity index (χ0v) is 12.3. The van der Waals surface area contributed by atoms with Crippen molar-refractivity contribution in [2.45, 2.75) is 12.2 Å². The molecule has 2 heterocycles. The predicted molar refractivity (Wildman–Crippen MR) is 76.0 cm³/mol. The first-order valence-electron chi connectivity index (χ1n) is 6.43. The molecule has 1 aromatic carbocycles. The van der Waals surface area contributed by atoms with Crippen LogP contribution in [-0.2, 0) is 15.4 Å². The molecule has 1 aliphatic heterocycles. The van der Waals surface area contributed by atoms with Crippen LogP contribution in [0.5, 0.6) is 0 Å². The van der Waals surface area contributed by atoms with Gasteiger partial charge >= 0.3 is 12.2 Å². The van der Waals surface area contributed by atoms with Crippen LogP contribution in [0.25, 0.3) is 11.4 Å². The smallest absolute Gasteiger partial charge is 0.450 e. The van der Waals surface area contributed by atoms with Gasteiger partial charge in [0.1, 0.15) is 12.4 Å². The summed E-state index contributed by atoms with van der Waals surface area (Å²) in [6.07, 6.45) is -3.34. The third-order valence-corrected chi connectivity index (χ3v) is 3.26. The number of anilines is 1. The van der Waals surface area contributed by atoms with Gasteiger partial charge in [0.2, 0.25) is 11.7 Å². The van der Waals surface area contributed by atoms with E-state index in [0.717, 1.165) is 0 Å². The van der Waals surface area contributed by atoms with Gasteiger partial charge < -0.3 is 19.1 Å². The Morgan fingerprint density at radius 1 is 1.43 bits per heavy atom. The van der Waals surface area contributed by atoms with Crippen LogP contribution in [-0.4, -0.2) is 40.3 Å². The van der Waals surface area contributed by atoms with E-state index in [0.29, 0.717) is 23.0 Å². The maximum absolute atomic E-state index is 11.7. The van der Waals surface area contributed by atoms with Crippen LogP contribution >= 0.6 is 11.6 Å². The Labute approximate surface area is 134 Å². The minimum absolute atomic E-state index is 0.0247. The van der Waals surface area contributed by atoms with Crippen LogP contribution in [0.2, 0.25) is 0 Å². The Morgan fingerprint density at radius 2 is 2.17 bits per heavy atom. The van der Waals surface area contributed by atoms with E-state index < -0.39 is 18.5 Å². The van der Waals surface area contributed by atoms with E-state index >= 15 is 0 Å². The summed E-state index contributed by atoms with van der Waals surface area (Å²) in [7, 11) is 0. The van der Waals surface area contributed by atoms with Gasteiger partial charge in [-0.1, -0.05) is 5.16 Å². The summed E-state index contributed by atoms with van der Waals surface area (Å²) in [6, 6.07) is 6.68. The molecule has 10 heteroatoms. The Morgan fingerprint density at radius 3 is 2.78 bits per heavy atom. The molecule has 0 saturated carbocycles. The van der Waals surface area contributed by atoms with E-state index in [1.54, 1.807) is 24.3 Å². The molecule has 1 saturated heterocycles. The number of halogens is 1. The Hall–Kier alpha value is -2.81. The Balaban J connectivity index is 1.74. The second-order valence-electron chi connectivity index (χ2n) is 4.50. The third kappa shape index (κ3) is 3.19. The fourth-order valence-electron chi connectivity index (χ4n) is 2.04.